The number of carbonyl (C=O) groups is 1. The maximum Gasteiger partial charge on any atom is 0.280 e. The van der Waals surface area contributed by atoms with Crippen LogP contribution < -0.4 is 20.3 Å². The second kappa shape index (κ2) is 17.8. The van der Waals surface area contributed by atoms with Crippen molar-refractivity contribution in [3.05, 3.63) is 112 Å². The van der Waals surface area contributed by atoms with Crippen molar-refractivity contribution in [2.24, 2.45) is 5.92 Å². The number of imidazole rings is 1. The summed E-state index contributed by atoms with van der Waals surface area (Å²) in [5, 5.41) is 2.40. The highest BCUT2D eigenvalue weighted by molar-refractivity contribution is 6.74. The molecule has 0 radical (unpaired) electrons. The molecule has 0 aliphatic carbocycles. The molecule has 2 aromatic heterocycles. The van der Waals surface area contributed by atoms with E-state index in [-0.39, 0.29) is 45.6 Å². The Morgan fingerprint density at radius 2 is 1.29 bits per heavy atom. The molecule has 13 nitrogen and oxygen atoms in total. The minimum Gasteiger partial charge on any atom is -0.497 e. The van der Waals surface area contributed by atoms with Gasteiger partial charge in [-0.2, -0.15) is 4.98 Å². The number of nitrogens with zero attached hydrogens (tertiary/aromatic N) is 3. The summed E-state index contributed by atoms with van der Waals surface area (Å²) in [7, 11) is -1.82. The van der Waals surface area contributed by atoms with Gasteiger partial charge in [0.05, 0.1) is 27.2 Å². The Kier molecular flexibility index (Phi) is 13.5. The van der Waals surface area contributed by atoms with Crippen LogP contribution in [0.5, 0.6) is 11.5 Å². The topological polar surface area (TPSA) is 148 Å². The zero-order valence-corrected chi connectivity index (χ0v) is 40.8. The third kappa shape index (κ3) is 9.34. The summed E-state index contributed by atoms with van der Waals surface area (Å²) in [6.07, 6.45) is -1.30. The van der Waals surface area contributed by atoms with Crippen LogP contribution in [0.25, 0.3) is 11.2 Å². The largest absolute Gasteiger partial charge is 0.497 e. The van der Waals surface area contributed by atoms with E-state index in [1.54, 1.807) is 39.0 Å². The normalized spacial score (nSPS) is 19.0. The maximum atomic E-state index is 13.5. The van der Waals surface area contributed by atoms with E-state index in [1.165, 1.54) is 0 Å². The molecule has 0 unspecified atom stereocenters. The number of rotatable bonds is 15. The van der Waals surface area contributed by atoms with Gasteiger partial charge in [-0.1, -0.05) is 110 Å². The van der Waals surface area contributed by atoms with Crippen molar-refractivity contribution < 1.29 is 32.6 Å². The highest BCUT2D eigenvalue weighted by Gasteiger charge is 2.55. The molecule has 1 aliphatic heterocycles. The Hall–Kier alpha value is -4.65. The Morgan fingerprint density at radius 1 is 0.790 bits per heavy atom. The summed E-state index contributed by atoms with van der Waals surface area (Å²) in [5.41, 5.74) is 1.36. The van der Waals surface area contributed by atoms with Crippen molar-refractivity contribution >= 4 is 39.7 Å². The van der Waals surface area contributed by atoms with Crippen LogP contribution in [0.15, 0.2) is 90.0 Å². The number of methoxy groups -OCH3 is 2. The van der Waals surface area contributed by atoms with Crippen LogP contribution in [-0.4, -0.2) is 81.2 Å². The van der Waals surface area contributed by atoms with Gasteiger partial charge in [0.15, 0.2) is 34.0 Å². The second-order valence-electron chi connectivity index (χ2n) is 19.4. The van der Waals surface area contributed by atoms with Crippen molar-refractivity contribution in [2.75, 3.05) is 26.1 Å². The third-order valence-corrected chi connectivity index (χ3v) is 21.8. The van der Waals surface area contributed by atoms with Crippen LogP contribution in [0.2, 0.25) is 36.3 Å². The lowest BCUT2D eigenvalue weighted by Gasteiger charge is -2.44. The molecule has 334 valence electrons. The molecule has 4 atom stereocenters. The molecule has 1 amide bonds. The molecule has 3 aromatic carbocycles. The van der Waals surface area contributed by atoms with E-state index in [0.29, 0.717) is 11.5 Å². The van der Waals surface area contributed by atoms with Gasteiger partial charge in [0.25, 0.3) is 5.56 Å². The van der Waals surface area contributed by atoms with E-state index in [9.17, 15) is 9.59 Å². The molecule has 2 N–H and O–H groups in total. The number of H-pyrrole nitrogens is 1. The molecule has 5 aromatic rings. The molecular formula is C47H65N5O8Si2. The van der Waals surface area contributed by atoms with Crippen LogP contribution in [0, 0.1) is 5.92 Å². The molecule has 1 saturated heterocycles. The summed E-state index contributed by atoms with van der Waals surface area (Å²) < 4.78 is 42.6. The smallest absolute Gasteiger partial charge is 0.280 e. The highest BCUT2D eigenvalue weighted by atomic mass is 28.4. The first-order valence-electron chi connectivity index (χ1n) is 21.3. The molecule has 3 heterocycles. The van der Waals surface area contributed by atoms with E-state index < -0.39 is 52.3 Å². The summed E-state index contributed by atoms with van der Waals surface area (Å²) in [4.78, 5) is 38.2. The molecule has 0 spiro atoms. The van der Waals surface area contributed by atoms with Crippen molar-refractivity contribution in [2.45, 2.75) is 122 Å². The van der Waals surface area contributed by atoms with Crippen LogP contribution in [0.4, 0.5) is 5.95 Å². The molecule has 15 heteroatoms. The lowest BCUT2D eigenvalue weighted by molar-refractivity contribution is -0.118. The first kappa shape index (κ1) is 46.8. The standard InChI is InChI=1S/C47H65N5O8Si2/c1-30(2)41(53)50-44-49-40-37(42(54)51-44)48-29-52(40)43-39(60-62(13,14)46(6,7)8)38(59-61(11,12)45(3,4)5)36(58-43)28-57-47(31-18-16-15-17-19-31,32-20-24-34(55-9)25-21-32)33-22-26-35(56-10)27-23-33/h15-27,29-30,36,38-39,43H,28H2,1-14H3,(H2,49,50,51,53,54)/t36-,38-,39-,43-/m1/s1. The van der Waals surface area contributed by atoms with Gasteiger partial charge in [-0.05, 0) is 77.2 Å². The average Bonchev–Trinajstić information content (AvgIpc) is 3.78. The summed E-state index contributed by atoms with van der Waals surface area (Å²) in [6.45, 7) is 25.7. The molecular weight excluding hydrogens is 819 g/mol. The van der Waals surface area contributed by atoms with Gasteiger partial charge in [0, 0.05) is 5.92 Å². The number of aromatic amines is 1. The van der Waals surface area contributed by atoms with E-state index in [4.69, 9.17) is 32.8 Å². The monoisotopic (exact) mass is 883 g/mol. The molecule has 62 heavy (non-hydrogen) atoms. The number of nitrogens with one attached hydrogen (secondary N) is 2. The molecule has 6 rings (SSSR count). The Morgan fingerprint density at radius 3 is 1.77 bits per heavy atom. The summed E-state index contributed by atoms with van der Waals surface area (Å²) in [5.74, 6) is 0.823. The third-order valence-electron chi connectivity index (χ3n) is 12.9. The first-order chi connectivity index (χ1) is 29.0. The SMILES string of the molecule is COc1ccc(C(OC[C@H]2O[C@@H](n3cnc4c(=O)[nH]c(NC(=O)C(C)C)nc43)[C@H](O[Si](C)(C)C(C)(C)C)[C@@H]2O[Si](C)(C)C(C)(C)C)(c2ccccc2)c2ccc(OC)cc2)cc1. The highest BCUT2D eigenvalue weighted by Crippen LogP contribution is 2.48. The van der Waals surface area contributed by atoms with Gasteiger partial charge in [0.1, 0.15) is 35.4 Å². The second-order valence-corrected chi connectivity index (χ2v) is 29.0. The fraction of sp³-hybridized carbons (Fsp3) is 0.489. The lowest BCUT2D eigenvalue weighted by atomic mass is 9.80. The van der Waals surface area contributed by atoms with Crippen LogP contribution in [-0.2, 0) is 28.7 Å². The average molecular weight is 884 g/mol. The Labute approximate surface area is 368 Å². The predicted molar refractivity (Wildman–Crippen MR) is 248 cm³/mol. The van der Waals surface area contributed by atoms with Crippen LogP contribution in [0.1, 0.15) is 78.3 Å². The number of anilines is 1. The van der Waals surface area contributed by atoms with Crippen molar-refractivity contribution in [1.29, 1.82) is 0 Å². The summed E-state index contributed by atoms with van der Waals surface area (Å²) in [6, 6.07) is 26.0. The molecule has 1 aliphatic rings. The van der Waals surface area contributed by atoms with Crippen molar-refractivity contribution in [3.63, 3.8) is 0 Å². The molecule has 1 fully saturated rings. The number of fused-ring (bicyclic) bond motifs is 1. The van der Waals surface area contributed by atoms with Gasteiger partial charge in [0.2, 0.25) is 11.9 Å². The van der Waals surface area contributed by atoms with E-state index in [1.807, 2.05) is 66.7 Å². The Balaban J connectivity index is 1.55. The van der Waals surface area contributed by atoms with Crippen LogP contribution in [0.3, 0.4) is 0 Å². The van der Waals surface area contributed by atoms with Gasteiger partial charge in [-0.25, -0.2) is 4.98 Å². The number of benzene rings is 3. The fourth-order valence-corrected chi connectivity index (χ4v) is 9.69. The van der Waals surface area contributed by atoms with Gasteiger partial charge >= 0.3 is 0 Å². The number of amides is 1. The van der Waals surface area contributed by atoms with Gasteiger partial charge in [-0.3, -0.25) is 24.5 Å². The lowest BCUT2D eigenvalue weighted by Crippen LogP contribution is -2.54. The summed E-state index contributed by atoms with van der Waals surface area (Å²) >= 11 is 0. The van der Waals surface area contributed by atoms with Crippen LogP contribution >= 0.6 is 0 Å². The van der Waals surface area contributed by atoms with Gasteiger partial charge < -0.3 is 27.8 Å². The number of hydrogen-bond donors (Lipinski definition) is 2. The van der Waals surface area contributed by atoms with Crippen molar-refractivity contribution in [1.82, 2.24) is 19.5 Å². The predicted octanol–water partition coefficient (Wildman–Crippen LogP) is 9.42. The van der Waals surface area contributed by atoms with Gasteiger partial charge in [-0.15, -0.1) is 0 Å². The first-order valence-corrected chi connectivity index (χ1v) is 27.1. The zero-order valence-electron chi connectivity index (χ0n) is 38.8. The van der Waals surface area contributed by atoms with E-state index >= 15 is 0 Å². The zero-order chi connectivity index (χ0) is 45.4. The Bertz CT molecular complexity index is 2320. The molecule has 0 bridgehead atoms. The number of hydrogen-bond acceptors (Lipinski definition) is 10. The van der Waals surface area contributed by atoms with E-state index in [2.05, 4.69) is 95.1 Å². The quantitative estimate of drug-likeness (QED) is 0.0770. The fourth-order valence-electron chi connectivity index (χ4n) is 7.08. The molecule has 0 saturated carbocycles. The number of aromatic nitrogens is 4. The maximum absolute atomic E-state index is 13.5. The number of ether oxygens (including phenoxy) is 4. The minimum atomic E-state index is -2.56. The van der Waals surface area contributed by atoms with E-state index in [0.717, 1.165) is 16.7 Å². The number of carbonyl (C=O) groups excluding carboxylic acids is 1. The minimum absolute atomic E-state index is 0.0170. The van der Waals surface area contributed by atoms with Crippen molar-refractivity contribution in [3.8, 4) is 11.5 Å².